The number of rotatable bonds is 6. The van der Waals surface area contributed by atoms with Crippen LogP contribution in [0.2, 0.25) is 0 Å². The number of aliphatic hydroxyl groups is 1. The minimum Gasteiger partial charge on any atom is -0.390 e. The molecule has 1 atom stereocenters. The van der Waals surface area contributed by atoms with Crippen molar-refractivity contribution in [3.63, 3.8) is 0 Å². The van der Waals surface area contributed by atoms with Gasteiger partial charge in [-0.25, -0.2) is 0 Å². The molecule has 3 N–H and O–H groups in total. The SMILES string of the molecule is CCCCCC(C)(O)C1(CN)CCCCC1. The van der Waals surface area contributed by atoms with Crippen LogP contribution < -0.4 is 5.73 Å². The zero-order chi connectivity index (χ0) is 12.1. The lowest BCUT2D eigenvalue weighted by Crippen LogP contribution is -2.51. The zero-order valence-electron chi connectivity index (χ0n) is 11.1. The van der Waals surface area contributed by atoms with Gasteiger partial charge in [-0.05, 0) is 26.2 Å². The third kappa shape index (κ3) is 2.98. The van der Waals surface area contributed by atoms with Gasteiger partial charge in [0.25, 0.3) is 0 Å². The molecule has 96 valence electrons. The number of hydrogen-bond acceptors (Lipinski definition) is 2. The molecule has 1 unspecified atom stereocenters. The zero-order valence-corrected chi connectivity index (χ0v) is 11.1. The normalized spacial score (nSPS) is 24.0. The van der Waals surface area contributed by atoms with E-state index in [1.807, 2.05) is 6.92 Å². The van der Waals surface area contributed by atoms with E-state index in [9.17, 15) is 5.11 Å². The molecule has 1 aliphatic rings. The largest absolute Gasteiger partial charge is 0.390 e. The number of unbranched alkanes of at least 4 members (excludes halogenated alkanes) is 2. The Kier molecular flexibility index (Phi) is 5.26. The number of hydrogen-bond donors (Lipinski definition) is 2. The average Bonchev–Trinajstić information content (AvgIpc) is 2.30. The van der Waals surface area contributed by atoms with Crippen LogP contribution in [-0.4, -0.2) is 17.3 Å². The highest BCUT2D eigenvalue weighted by Gasteiger charge is 2.45. The monoisotopic (exact) mass is 227 g/mol. The highest BCUT2D eigenvalue weighted by molar-refractivity contribution is 4.98. The Morgan fingerprint density at radius 2 is 1.81 bits per heavy atom. The summed E-state index contributed by atoms with van der Waals surface area (Å²) in [4.78, 5) is 0. The topological polar surface area (TPSA) is 46.2 Å². The summed E-state index contributed by atoms with van der Waals surface area (Å²) in [7, 11) is 0. The summed E-state index contributed by atoms with van der Waals surface area (Å²) in [6, 6.07) is 0. The van der Waals surface area contributed by atoms with Crippen LogP contribution in [0.25, 0.3) is 0 Å². The van der Waals surface area contributed by atoms with Gasteiger partial charge in [-0.15, -0.1) is 0 Å². The summed E-state index contributed by atoms with van der Waals surface area (Å²) in [5.41, 5.74) is 5.41. The van der Waals surface area contributed by atoms with Crippen molar-refractivity contribution in [2.45, 2.75) is 77.2 Å². The predicted octanol–water partition coefficient (Wildman–Crippen LogP) is 3.23. The van der Waals surface area contributed by atoms with Gasteiger partial charge in [0.05, 0.1) is 5.60 Å². The Morgan fingerprint density at radius 1 is 1.19 bits per heavy atom. The van der Waals surface area contributed by atoms with E-state index in [1.54, 1.807) is 0 Å². The highest BCUT2D eigenvalue weighted by atomic mass is 16.3. The molecule has 0 aromatic heterocycles. The van der Waals surface area contributed by atoms with Gasteiger partial charge in [0.2, 0.25) is 0 Å². The molecule has 1 fully saturated rings. The van der Waals surface area contributed by atoms with Crippen LogP contribution in [0.15, 0.2) is 0 Å². The van der Waals surface area contributed by atoms with Crippen molar-refractivity contribution in [1.29, 1.82) is 0 Å². The van der Waals surface area contributed by atoms with Crippen LogP contribution in [0.5, 0.6) is 0 Å². The Labute approximate surface area is 101 Å². The second-order valence-electron chi connectivity index (χ2n) is 5.78. The molecule has 0 heterocycles. The summed E-state index contributed by atoms with van der Waals surface area (Å²) < 4.78 is 0. The first-order valence-corrected chi connectivity index (χ1v) is 7.00. The summed E-state index contributed by atoms with van der Waals surface area (Å²) in [5.74, 6) is 0. The van der Waals surface area contributed by atoms with Crippen LogP contribution in [0, 0.1) is 5.41 Å². The Hall–Kier alpha value is -0.0800. The highest BCUT2D eigenvalue weighted by Crippen LogP contribution is 2.46. The van der Waals surface area contributed by atoms with Gasteiger partial charge in [-0.3, -0.25) is 0 Å². The van der Waals surface area contributed by atoms with Crippen molar-refractivity contribution in [3.8, 4) is 0 Å². The van der Waals surface area contributed by atoms with Gasteiger partial charge in [0.1, 0.15) is 0 Å². The van der Waals surface area contributed by atoms with E-state index >= 15 is 0 Å². The van der Waals surface area contributed by atoms with Gasteiger partial charge in [-0.1, -0.05) is 45.4 Å². The quantitative estimate of drug-likeness (QED) is 0.684. The van der Waals surface area contributed by atoms with Gasteiger partial charge < -0.3 is 10.8 Å². The molecular formula is C14H29NO. The first kappa shape index (κ1) is 14.0. The smallest absolute Gasteiger partial charge is 0.0687 e. The van der Waals surface area contributed by atoms with E-state index < -0.39 is 5.60 Å². The van der Waals surface area contributed by atoms with E-state index in [0.717, 1.165) is 25.7 Å². The third-order valence-electron chi connectivity index (χ3n) is 4.61. The molecule has 0 spiro atoms. The first-order valence-electron chi connectivity index (χ1n) is 7.00. The average molecular weight is 227 g/mol. The summed E-state index contributed by atoms with van der Waals surface area (Å²) >= 11 is 0. The molecule has 0 bridgehead atoms. The fraction of sp³-hybridized carbons (Fsp3) is 1.00. The first-order chi connectivity index (χ1) is 7.58. The second kappa shape index (κ2) is 6.02. The van der Waals surface area contributed by atoms with Gasteiger partial charge >= 0.3 is 0 Å². The molecule has 0 aliphatic heterocycles. The molecule has 0 amide bonds. The van der Waals surface area contributed by atoms with E-state index in [1.165, 1.54) is 32.1 Å². The van der Waals surface area contributed by atoms with Crippen molar-refractivity contribution in [1.82, 2.24) is 0 Å². The summed E-state index contributed by atoms with van der Waals surface area (Å²) in [5, 5.41) is 10.7. The maximum atomic E-state index is 10.7. The fourth-order valence-electron chi connectivity index (χ4n) is 3.18. The Balaban J connectivity index is 2.60. The maximum Gasteiger partial charge on any atom is 0.0687 e. The fourth-order valence-corrected chi connectivity index (χ4v) is 3.18. The van der Waals surface area contributed by atoms with Gasteiger partial charge in [0.15, 0.2) is 0 Å². The molecule has 0 aromatic rings. The molecule has 1 saturated carbocycles. The summed E-state index contributed by atoms with van der Waals surface area (Å²) in [6.07, 6.45) is 10.5. The molecule has 0 radical (unpaired) electrons. The Morgan fingerprint density at radius 3 is 2.31 bits per heavy atom. The molecule has 2 nitrogen and oxygen atoms in total. The van der Waals surface area contributed by atoms with E-state index in [0.29, 0.717) is 6.54 Å². The minimum atomic E-state index is -0.558. The van der Waals surface area contributed by atoms with Crippen LogP contribution in [0.3, 0.4) is 0 Å². The Bertz CT molecular complexity index is 195. The van der Waals surface area contributed by atoms with E-state index in [-0.39, 0.29) is 5.41 Å². The van der Waals surface area contributed by atoms with Gasteiger partial charge in [0, 0.05) is 12.0 Å². The second-order valence-corrected chi connectivity index (χ2v) is 5.78. The number of nitrogens with two attached hydrogens (primary N) is 1. The van der Waals surface area contributed by atoms with Crippen LogP contribution >= 0.6 is 0 Å². The van der Waals surface area contributed by atoms with Crippen LogP contribution in [-0.2, 0) is 0 Å². The lowest BCUT2D eigenvalue weighted by molar-refractivity contribution is -0.0922. The lowest BCUT2D eigenvalue weighted by atomic mass is 9.62. The van der Waals surface area contributed by atoms with Crippen molar-refractivity contribution in [3.05, 3.63) is 0 Å². The molecule has 1 rings (SSSR count). The van der Waals surface area contributed by atoms with Crippen LogP contribution in [0.4, 0.5) is 0 Å². The maximum absolute atomic E-state index is 10.7. The molecule has 0 saturated heterocycles. The van der Waals surface area contributed by atoms with E-state index in [2.05, 4.69) is 6.92 Å². The van der Waals surface area contributed by atoms with Crippen LogP contribution in [0.1, 0.15) is 71.6 Å². The molecule has 0 aromatic carbocycles. The van der Waals surface area contributed by atoms with E-state index in [4.69, 9.17) is 5.73 Å². The molecule has 2 heteroatoms. The standard InChI is InChI=1S/C14H29NO/c1-3-4-6-9-13(2,16)14(12-15)10-7-5-8-11-14/h16H,3-12,15H2,1-2H3. The van der Waals surface area contributed by atoms with Gasteiger partial charge in [-0.2, -0.15) is 0 Å². The minimum absolute atomic E-state index is 0.00100. The van der Waals surface area contributed by atoms with Crippen molar-refractivity contribution >= 4 is 0 Å². The predicted molar refractivity (Wildman–Crippen MR) is 69.3 cm³/mol. The third-order valence-corrected chi connectivity index (χ3v) is 4.61. The molecule has 16 heavy (non-hydrogen) atoms. The van der Waals surface area contributed by atoms with Crippen molar-refractivity contribution < 1.29 is 5.11 Å². The molecular weight excluding hydrogens is 198 g/mol. The van der Waals surface area contributed by atoms with Crippen molar-refractivity contribution in [2.75, 3.05) is 6.54 Å². The lowest BCUT2D eigenvalue weighted by Gasteiger charge is -2.47. The van der Waals surface area contributed by atoms with Crippen molar-refractivity contribution in [2.24, 2.45) is 11.1 Å². The summed E-state index contributed by atoms with van der Waals surface area (Å²) in [6.45, 7) is 4.86. The molecule has 1 aliphatic carbocycles.